The summed E-state index contributed by atoms with van der Waals surface area (Å²) >= 11 is 0. The number of carbonyl (C=O) groups excluding carboxylic acids is 2. The molecule has 1 N–H and O–H groups in total. The molecule has 6 heteroatoms. The maximum atomic E-state index is 13.9. The van der Waals surface area contributed by atoms with E-state index in [2.05, 4.69) is 52.2 Å². The van der Waals surface area contributed by atoms with E-state index in [0.29, 0.717) is 12.1 Å². The number of benzene rings is 3. The van der Waals surface area contributed by atoms with E-state index in [1.807, 2.05) is 68.7 Å². The molecule has 1 aliphatic rings. The molecule has 190 valence electrons. The van der Waals surface area contributed by atoms with Gasteiger partial charge in [0.05, 0.1) is 12.0 Å². The summed E-state index contributed by atoms with van der Waals surface area (Å²) in [5, 5.41) is 4.27. The molecule has 2 heterocycles. The predicted molar refractivity (Wildman–Crippen MR) is 149 cm³/mol. The second kappa shape index (κ2) is 10.5. The molecule has 0 saturated carbocycles. The lowest BCUT2D eigenvalue weighted by molar-refractivity contribution is -0.124. The molecule has 37 heavy (non-hydrogen) atoms. The van der Waals surface area contributed by atoms with E-state index < -0.39 is 12.0 Å². The van der Waals surface area contributed by atoms with Gasteiger partial charge in [-0.3, -0.25) is 9.59 Å². The van der Waals surface area contributed by atoms with Crippen LogP contribution in [0.15, 0.2) is 85.1 Å². The molecule has 3 aromatic carbocycles. The molecule has 6 nitrogen and oxygen atoms in total. The van der Waals surface area contributed by atoms with Crippen molar-refractivity contribution >= 4 is 28.4 Å². The van der Waals surface area contributed by atoms with Crippen LogP contribution in [0.1, 0.15) is 46.8 Å². The van der Waals surface area contributed by atoms with Gasteiger partial charge in [-0.05, 0) is 43.2 Å². The van der Waals surface area contributed by atoms with E-state index in [1.54, 1.807) is 4.90 Å². The molecule has 2 atom stereocenters. The van der Waals surface area contributed by atoms with Crippen molar-refractivity contribution in [1.82, 2.24) is 14.8 Å². The summed E-state index contributed by atoms with van der Waals surface area (Å²) in [5.41, 5.74) is 4.65. The number of hydrogen-bond acceptors (Lipinski definition) is 3. The average molecular weight is 495 g/mol. The Morgan fingerprint density at radius 2 is 1.62 bits per heavy atom. The Labute approximate surface area is 218 Å². The highest BCUT2D eigenvalue weighted by Crippen LogP contribution is 2.44. The number of nitrogens with one attached hydrogen (secondary N) is 1. The molecule has 0 aliphatic carbocycles. The highest BCUT2D eigenvalue weighted by atomic mass is 16.2. The first kappa shape index (κ1) is 24.6. The maximum Gasteiger partial charge on any atom is 0.254 e. The van der Waals surface area contributed by atoms with Crippen molar-refractivity contribution < 1.29 is 9.59 Å². The number of rotatable bonds is 8. The Morgan fingerprint density at radius 1 is 0.919 bits per heavy atom. The molecule has 2 unspecified atom stereocenters. The zero-order valence-electron chi connectivity index (χ0n) is 21.7. The van der Waals surface area contributed by atoms with Crippen LogP contribution in [0.25, 0.3) is 10.9 Å². The van der Waals surface area contributed by atoms with Crippen LogP contribution in [-0.4, -0.2) is 48.0 Å². The molecular weight excluding hydrogens is 460 g/mol. The van der Waals surface area contributed by atoms with Gasteiger partial charge < -0.3 is 19.7 Å². The quantitative estimate of drug-likeness (QED) is 0.346. The van der Waals surface area contributed by atoms with Crippen molar-refractivity contribution in [2.45, 2.75) is 25.3 Å². The fourth-order valence-corrected chi connectivity index (χ4v) is 5.65. The average Bonchev–Trinajstić information content (AvgIpc) is 3.27. The number of likely N-dealkylation sites (N-methyl/N-ethyl adjacent to an activating group) is 1. The van der Waals surface area contributed by atoms with Crippen LogP contribution in [0.5, 0.6) is 0 Å². The van der Waals surface area contributed by atoms with Crippen LogP contribution >= 0.6 is 0 Å². The minimum atomic E-state index is -0.499. The third-order valence-electron chi connectivity index (χ3n) is 7.52. The lowest BCUT2D eigenvalue weighted by atomic mass is 9.79. The van der Waals surface area contributed by atoms with Crippen LogP contribution in [-0.2, 0) is 11.8 Å². The molecular formula is C31H34N4O2. The standard InChI is InChI=1S/C31H34N4O2/c1-4-35(22-13-6-5-7-14-22)20-12-19-32-30(36)28-24-16-8-9-17-25(24)31(37)34(3)29(28)26-21-33(2)27-18-11-10-15-23(26)27/h5-11,13-18,21,28-29H,4,12,19-20H2,1-3H3,(H,32,36). The first-order valence-electron chi connectivity index (χ1n) is 13.0. The van der Waals surface area contributed by atoms with Crippen LogP contribution in [0.4, 0.5) is 5.69 Å². The van der Waals surface area contributed by atoms with Gasteiger partial charge in [0.25, 0.3) is 5.91 Å². The minimum Gasteiger partial charge on any atom is -0.372 e. The molecule has 0 fully saturated rings. The number of carbonyl (C=O) groups is 2. The maximum absolute atomic E-state index is 13.9. The zero-order chi connectivity index (χ0) is 25.9. The lowest BCUT2D eigenvalue weighted by Gasteiger charge is -2.39. The van der Waals surface area contributed by atoms with Gasteiger partial charge in [0, 0.05) is 67.6 Å². The summed E-state index contributed by atoms with van der Waals surface area (Å²) in [6.45, 7) is 4.48. The molecule has 0 bridgehead atoms. The Kier molecular flexibility index (Phi) is 6.99. The highest BCUT2D eigenvalue weighted by Gasteiger charge is 2.43. The lowest BCUT2D eigenvalue weighted by Crippen LogP contribution is -2.46. The van der Waals surface area contributed by atoms with Gasteiger partial charge in [0.15, 0.2) is 0 Å². The van der Waals surface area contributed by atoms with Crippen LogP contribution in [0.3, 0.4) is 0 Å². The van der Waals surface area contributed by atoms with E-state index in [0.717, 1.165) is 41.5 Å². The number of nitrogens with zero attached hydrogens (tertiary/aromatic N) is 3. The molecule has 0 saturated heterocycles. The van der Waals surface area contributed by atoms with E-state index in [9.17, 15) is 9.59 Å². The molecule has 5 rings (SSSR count). The van der Waals surface area contributed by atoms with E-state index >= 15 is 0 Å². The molecule has 4 aromatic rings. The minimum absolute atomic E-state index is 0.0486. The normalized spacial score (nSPS) is 17.1. The Balaban J connectivity index is 1.41. The van der Waals surface area contributed by atoms with Crippen molar-refractivity contribution in [2.75, 3.05) is 31.6 Å². The number of anilines is 1. The van der Waals surface area contributed by atoms with Gasteiger partial charge in [-0.1, -0.05) is 54.6 Å². The number of fused-ring (bicyclic) bond motifs is 2. The van der Waals surface area contributed by atoms with Gasteiger partial charge >= 0.3 is 0 Å². The summed E-state index contributed by atoms with van der Waals surface area (Å²) in [7, 11) is 3.82. The van der Waals surface area contributed by atoms with Gasteiger partial charge in [0.2, 0.25) is 5.91 Å². The molecule has 1 aromatic heterocycles. The number of aromatic nitrogens is 1. The monoisotopic (exact) mass is 494 g/mol. The topological polar surface area (TPSA) is 57.6 Å². The Hall–Kier alpha value is -4.06. The molecule has 1 aliphatic heterocycles. The van der Waals surface area contributed by atoms with Crippen molar-refractivity contribution in [1.29, 1.82) is 0 Å². The zero-order valence-corrected chi connectivity index (χ0v) is 21.7. The SMILES string of the molecule is CCN(CCCNC(=O)C1c2ccccc2C(=O)N(C)C1c1cn(C)c2ccccc12)c1ccccc1. The fourth-order valence-electron chi connectivity index (χ4n) is 5.65. The number of aryl methyl sites for hydroxylation is 1. The van der Waals surface area contributed by atoms with Crippen molar-refractivity contribution in [3.8, 4) is 0 Å². The number of hydrogen-bond donors (Lipinski definition) is 1. The second-order valence-electron chi connectivity index (χ2n) is 9.70. The second-order valence-corrected chi connectivity index (χ2v) is 9.70. The van der Waals surface area contributed by atoms with Gasteiger partial charge in [0.1, 0.15) is 0 Å². The first-order chi connectivity index (χ1) is 18.0. The third kappa shape index (κ3) is 4.59. The van der Waals surface area contributed by atoms with Crippen molar-refractivity contribution in [3.63, 3.8) is 0 Å². The van der Waals surface area contributed by atoms with Crippen molar-refractivity contribution in [3.05, 3.63) is 102 Å². The summed E-state index contributed by atoms with van der Waals surface area (Å²) in [6, 6.07) is 25.6. The van der Waals surface area contributed by atoms with Gasteiger partial charge in [-0.2, -0.15) is 0 Å². The predicted octanol–water partition coefficient (Wildman–Crippen LogP) is 5.12. The van der Waals surface area contributed by atoms with Crippen LogP contribution in [0.2, 0.25) is 0 Å². The summed E-state index contributed by atoms with van der Waals surface area (Å²) in [6.07, 6.45) is 2.89. The fraction of sp³-hybridized carbons (Fsp3) is 0.290. The number of amides is 2. The van der Waals surface area contributed by atoms with Gasteiger partial charge in [-0.15, -0.1) is 0 Å². The third-order valence-corrected chi connectivity index (χ3v) is 7.52. The Morgan fingerprint density at radius 3 is 2.41 bits per heavy atom. The number of para-hydroxylation sites is 2. The highest BCUT2D eigenvalue weighted by molar-refractivity contribution is 6.02. The Bertz CT molecular complexity index is 1410. The molecule has 0 spiro atoms. The largest absolute Gasteiger partial charge is 0.372 e. The molecule has 0 radical (unpaired) electrons. The first-order valence-corrected chi connectivity index (χ1v) is 13.0. The summed E-state index contributed by atoms with van der Waals surface area (Å²) < 4.78 is 2.07. The van der Waals surface area contributed by atoms with E-state index in [-0.39, 0.29) is 11.8 Å². The van der Waals surface area contributed by atoms with Crippen LogP contribution in [0, 0.1) is 0 Å². The summed E-state index contributed by atoms with van der Waals surface area (Å²) in [5.74, 6) is -0.604. The van der Waals surface area contributed by atoms with Crippen molar-refractivity contribution in [2.24, 2.45) is 7.05 Å². The summed E-state index contributed by atoms with van der Waals surface area (Å²) in [4.78, 5) is 31.3. The van der Waals surface area contributed by atoms with Gasteiger partial charge in [-0.25, -0.2) is 0 Å². The van der Waals surface area contributed by atoms with E-state index in [4.69, 9.17) is 0 Å². The molecule has 2 amide bonds. The van der Waals surface area contributed by atoms with Crippen LogP contribution < -0.4 is 10.2 Å². The smallest absolute Gasteiger partial charge is 0.254 e. The van der Waals surface area contributed by atoms with E-state index in [1.165, 1.54) is 5.69 Å².